The van der Waals surface area contributed by atoms with Gasteiger partial charge in [0.25, 0.3) is 0 Å². The molecular weight excluding hydrogens is 252 g/mol. The fourth-order valence-corrected chi connectivity index (χ4v) is 2.25. The number of aliphatic hydroxyl groups excluding tert-OH is 2. The maximum Gasteiger partial charge on any atom is 0.227 e. The summed E-state index contributed by atoms with van der Waals surface area (Å²) in [6.45, 7) is -0.230. The van der Waals surface area contributed by atoms with E-state index in [4.69, 9.17) is 14.6 Å². The lowest BCUT2D eigenvalue weighted by atomic mass is 10.2. The molecule has 2 N–H and O–H groups in total. The molecule has 1 saturated heterocycles. The lowest BCUT2D eigenvalue weighted by Gasteiger charge is -2.19. The molecule has 0 aromatic rings. The molecule has 1 fully saturated rings. The molecule has 0 bridgehead atoms. The first-order chi connectivity index (χ1) is 9.24. The van der Waals surface area contributed by atoms with Gasteiger partial charge in [-0.1, -0.05) is 0 Å². The lowest BCUT2D eigenvalue weighted by Crippen LogP contribution is -2.24. The van der Waals surface area contributed by atoms with Gasteiger partial charge >= 0.3 is 0 Å². The van der Waals surface area contributed by atoms with E-state index in [-0.39, 0.29) is 6.61 Å². The Kier molecular flexibility index (Phi) is 3.05. The van der Waals surface area contributed by atoms with Crippen LogP contribution in [0.3, 0.4) is 0 Å². The van der Waals surface area contributed by atoms with Gasteiger partial charge in [0.15, 0.2) is 11.5 Å². The highest BCUT2D eigenvalue weighted by molar-refractivity contribution is 5.57. The molecule has 3 atom stereocenters. The first-order valence-electron chi connectivity index (χ1n) is 5.90. The summed E-state index contributed by atoms with van der Waals surface area (Å²) in [4.78, 5) is 12.2. The molecule has 3 heterocycles. The second kappa shape index (κ2) is 4.72. The standard InChI is InChI=1S/C11H14N4O4/c1-18-11-9-10(13-4-12-9)14-5-15(11)8-2-6(17)7(3-16)19-8/h4-8,16-17H,2-3H2,1H3/t6-,7+,8?/m0/s1. The summed E-state index contributed by atoms with van der Waals surface area (Å²) in [5.74, 6) is 0.962. The Morgan fingerprint density at radius 3 is 3.00 bits per heavy atom. The molecule has 19 heavy (non-hydrogen) atoms. The van der Waals surface area contributed by atoms with Gasteiger partial charge in [0.2, 0.25) is 5.88 Å². The Hall–Kier alpha value is -1.77. The molecule has 0 aliphatic carbocycles. The molecule has 0 aromatic carbocycles. The van der Waals surface area contributed by atoms with Crippen LogP contribution in [0.25, 0.3) is 11.5 Å². The zero-order valence-electron chi connectivity index (χ0n) is 10.3. The van der Waals surface area contributed by atoms with Gasteiger partial charge < -0.3 is 19.7 Å². The normalized spacial score (nSPS) is 27.0. The summed E-state index contributed by atoms with van der Waals surface area (Å²) in [5, 5.41) is 18.9. The number of ether oxygens (including phenoxy) is 2. The van der Waals surface area contributed by atoms with E-state index in [1.807, 2.05) is 0 Å². The average Bonchev–Trinajstić information content (AvgIpc) is 3.03. The number of nitrogens with zero attached hydrogens (tertiary/aromatic N) is 4. The minimum Gasteiger partial charge on any atom is -0.480 e. The SMILES string of the molecule is COc1c2ncnc-2ncn1C1C[C@H](O)[C@@H](CO)O1. The van der Waals surface area contributed by atoms with Crippen LogP contribution in [0.15, 0.2) is 12.7 Å². The van der Waals surface area contributed by atoms with Crippen molar-refractivity contribution in [2.75, 3.05) is 13.7 Å². The maximum atomic E-state index is 9.77. The molecule has 0 radical (unpaired) electrons. The summed E-state index contributed by atoms with van der Waals surface area (Å²) in [7, 11) is 1.52. The van der Waals surface area contributed by atoms with Crippen molar-refractivity contribution in [3.8, 4) is 17.4 Å². The smallest absolute Gasteiger partial charge is 0.227 e. The fourth-order valence-electron chi connectivity index (χ4n) is 2.25. The third kappa shape index (κ3) is 1.93. The number of aliphatic hydroxyl groups is 2. The van der Waals surface area contributed by atoms with Crippen molar-refractivity contribution in [2.24, 2.45) is 0 Å². The molecule has 8 heteroatoms. The molecule has 3 aliphatic heterocycles. The first-order valence-corrected chi connectivity index (χ1v) is 5.90. The molecule has 1 unspecified atom stereocenters. The first kappa shape index (κ1) is 12.3. The topological polar surface area (TPSA) is 103 Å². The predicted molar refractivity (Wildman–Crippen MR) is 62.6 cm³/mol. The second-order valence-electron chi connectivity index (χ2n) is 4.32. The second-order valence-corrected chi connectivity index (χ2v) is 4.32. The molecule has 102 valence electrons. The van der Waals surface area contributed by atoms with Crippen LogP contribution in [0.5, 0.6) is 5.88 Å². The van der Waals surface area contributed by atoms with Crippen LogP contribution in [-0.2, 0) is 4.74 Å². The third-order valence-electron chi connectivity index (χ3n) is 3.21. The molecule has 3 rings (SSSR count). The van der Waals surface area contributed by atoms with Crippen molar-refractivity contribution in [3.05, 3.63) is 12.7 Å². The van der Waals surface area contributed by atoms with Crippen molar-refractivity contribution in [2.45, 2.75) is 24.9 Å². The van der Waals surface area contributed by atoms with Crippen molar-refractivity contribution >= 4 is 0 Å². The summed E-state index contributed by atoms with van der Waals surface area (Å²) in [6.07, 6.45) is 1.54. The van der Waals surface area contributed by atoms with E-state index < -0.39 is 18.4 Å². The number of aromatic nitrogens is 4. The zero-order chi connectivity index (χ0) is 13.4. The van der Waals surface area contributed by atoms with Crippen molar-refractivity contribution in [1.29, 1.82) is 0 Å². The van der Waals surface area contributed by atoms with Gasteiger partial charge in [-0.25, -0.2) is 15.0 Å². The number of hydrogen-bond acceptors (Lipinski definition) is 7. The minimum atomic E-state index is -0.714. The third-order valence-corrected chi connectivity index (χ3v) is 3.21. The van der Waals surface area contributed by atoms with E-state index in [1.54, 1.807) is 4.57 Å². The van der Waals surface area contributed by atoms with Gasteiger partial charge in [-0.05, 0) is 0 Å². The number of methoxy groups -OCH3 is 1. The van der Waals surface area contributed by atoms with Gasteiger partial charge in [-0.2, -0.15) is 0 Å². The van der Waals surface area contributed by atoms with Crippen LogP contribution in [0.2, 0.25) is 0 Å². The van der Waals surface area contributed by atoms with Crippen molar-refractivity contribution in [1.82, 2.24) is 19.5 Å². The number of imidazole rings is 1. The summed E-state index contributed by atoms with van der Waals surface area (Å²) in [5.41, 5.74) is 0.538. The van der Waals surface area contributed by atoms with Gasteiger partial charge in [0.05, 0.1) is 19.8 Å². The Balaban J connectivity index is 1.99. The Morgan fingerprint density at radius 1 is 1.47 bits per heavy atom. The lowest BCUT2D eigenvalue weighted by molar-refractivity contribution is -0.0467. The van der Waals surface area contributed by atoms with E-state index in [0.29, 0.717) is 23.8 Å². The number of rotatable bonds is 3. The Labute approximate surface area is 109 Å². The van der Waals surface area contributed by atoms with Gasteiger partial charge in [0.1, 0.15) is 25.0 Å². The quantitative estimate of drug-likeness (QED) is 0.766. The van der Waals surface area contributed by atoms with Crippen LogP contribution in [0.1, 0.15) is 12.6 Å². The minimum absolute atomic E-state index is 0.230. The van der Waals surface area contributed by atoms with Crippen molar-refractivity contribution in [3.63, 3.8) is 0 Å². The Morgan fingerprint density at radius 2 is 2.32 bits per heavy atom. The van der Waals surface area contributed by atoms with E-state index in [2.05, 4.69) is 15.0 Å². The van der Waals surface area contributed by atoms with Crippen LogP contribution in [0, 0.1) is 0 Å². The van der Waals surface area contributed by atoms with Crippen LogP contribution >= 0.6 is 0 Å². The molecule has 0 spiro atoms. The van der Waals surface area contributed by atoms with Gasteiger partial charge in [-0.15, -0.1) is 0 Å². The van der Waals surface area contributed by atoms with Crippen molar-refractivity contribution < 1.29 is 19.7 Å². The van der Waals surface area contributed by atoms with E-state index in [0.717, 1.165) is 0 Å². The molecule has 3 aliphatic rings. The van der Waals surface area contributed by atoms with Crippen LogP contribution in [0.4, 0.5) is 0 Å². The Bertz CT molecular complexity index is 546. The largest absolute Gasteiger partial charge is 0.480 e. The van der Waals surface area contributed by atoms with E-state index >= 15 is 0 Å². The maximum absolute atomic E-state index is 9.77. The number of fused-ring (bicyclic) bond motifs is 1. The highest BCUT2D eigenvalue weighted by Gasteiger charge is 2.36. The summed E-state index contributed by atoms with van der Waals surface area (Å²) >= 11 is 0. The molecular formula is C11H14N4O4. The number of hydrogen-bond donors (Lipinski definition) is 2. The zero-order valence-corrected chi connectivity index (χ0v) is 10.3. The highest BCUT2D eigenvalue weighted by Crippen LogP contribution is 2.35. The molecule has 0 aromatic heterocycles. The predicted octanol–water partition coefficient (Wildman–Crippen LogP) is -0.573. The highest BCUT2D eigenvalue weighted by atomic mass is 16.5. The molecule has 0 saturated carbocycles. The summed E-state index contributed by atoms with van der Waals surface area (Å²) in [6, 6.07) is 0. The van der Waals surface area contributed by atoms with Gasteiger partial charge in [-0.3, -0.25) is 4.57 Å². The fraction of sp³-hybridized carbons (Fsp3) is 0.545. The molecule has 8 nitrogen and oxygen atoms in total. The van der Waals surface area contributed by atoms with Crippen LogP contribution in [-0.4, -0.2) is 55.7 Å². The van der Waals surface area contributed by atoms with E-state index in [9.17, 15) is 5.11 Å². The van der Waals surface area contributed by atoms with Gasteiger partial charge in [0, 0.05) is 6.42 Å². The molecule has 0 amide bonds. The monoisotopic (exact) mass is 266 g/mol. The average molecular weight is 266 g/mol. The summed E-state index contributed by atoms with van der Waals surface area (Å²) < 4.78 is 12.6. The van der Waals surface area contributed by atoms with E-state index in [1.165, 1.54) is 19.8 Å². The van der Waals surface area contributed by atoms with Crippen LogP contribution < -0.4 is 4.74 Å².